The van der Waals surface area contributed by atoms with Crippen LogP contribution in [0.15, 0.2) is 18.3 Å². The zero-order valence-electron chi connectivity index (χ0n) is 10.9. The normalized spacial score (nSPS) is 10.3. The van der Waals surface area contributed by atoms with E-state index in [2.05, 4.69) is 20.7 Å². The Bertz CT molecular complexity index is 603. The number of hydrogen-bond donors (Lipinski definition) is 2. The van der Waals surface area contributed by atoms with Crippen LogP contribution in [0.25, 0.3) is 0 Å². The number of nitrogens with zero attached hydrogens (tertiary/aromatic N) is 3. The number of rotatable bonds is 2. The van der Waals surface area contributed by atoms with Gasteiger partial charge in [0.05, 0.1) is 0 Å². The maximum absolute atomic E-state index is 11.8. The molecular formula is C12H14ClN5O. The highest BCUT2D eigenvalue weighted by molar-refractivity contribution is 6.29. The number of carbonyl (C=O) groups is 1. The molecule has 19 heavy (non-hydrogen) atoms. The summed E-state index contributed by atoms with van der Waals surface area (Å²) in [4.78, 5) is 15.8. The summed E-state index contributed by atoms with van der Waals surface area (Å²) < 4.78 is 1.68. The minimum atomic E-state index is -0.372. The lowest BCUT2D eigenvalue weighted by Gasteiger charge is -2.08. The molecule has 0 fully saturated rings. The first-order valence-corrected chi connectivity index (χ1v) is 6.04. The first-order chi connectivity index (χ1) is 8.95. The first-order valence-electron chi connectivity index (χ1n) is 5.66. The van der Waals surface area contributed by atoms with E-state index in [1.54, 1.807) is 23.0 Å². The van der Waals surface area contributed by atoms with Gasteiger partial charge in [-0.15, -0.1) is 0 Å². The number of anilines is 2. The summed E-state index contributed by atoms with van der Waals surface area (Å²) in [5, 5.41) is 9.82. The third-order valence-electron chi connectivity index (χ3n) is 2.67. The van der Waals surface area contributed by atoms with Crippen molar-refractivity contribution in [1.82, 2.24) is 14.8 Å². The molecule has 0 spiro atoms. The summed E-state index contributed by atoms with van der Waals surface area (Å²) in [7, 11) is 1.81. The van der Waals surface area contributed by atoms with Gasteiger partial charge in [-0.1, -0.05) is 11.6 Å². The second-order valence-electron chi connectivity index (χ2n) is 4.20. The topological polar surface area (TPSA) is 71.8 Å². The van der Waals surface area contributed by atoms with Crippen LogP contribution < -0.4 is 10.6 Å². The maximum Gasteiger partial charge on any atom is 0.324 e. The Labute approximate surface area is 115 Å². The predicted molar refractivity (Wildman–Crippen MR) is 74.6 cm³/mol. The van der Waals surface area contributed by atoms with Gasteiger partial charge in [0.25, 0.3) is 0 Å². The van der Waals surface area contributed by atoms with E-state index >= 15 is 0 Å². The van der Waals surface area contributed by atoms with E-state index in [1.807, 2.05) is 20.9 Å². The van der Waals surface area contributed by atoms with Crippen molar-refractivity contribution in [2.24, 2.45) is 7.05 Å². The number of pyridine rings is 1. The molecule has 0 aliphatic carbocycles. The summed E-state index contributed by atoms with van der Waals surface area (Å²) in [6, 6.07) is 3.01. The van der Waals surface area contributed by atoms with Crippen LogP contribution in [0.2, 0.25) is 5.15 Å². The molecule has 0 bridgehead atoms. The van der Waals surface area contributed by atoms with Crippen molar-refractivity contribution in [2.75, 3.05) is 10.6 Å². The molecule has 0 saturated heterocycles. The second kappa shape index (κ2) is 5.27. The van der Waals surface area contributed by atoms with Crippen LogP contribution in [-0.4, -0.2) is 20.8 Å². The molecule has 0 atom stereocenters. The van der Waals surface area contributed by atoms with Gasteiger partial charge in [0.1, 0.15) is 5.15 Å². The van der Waals surface area contributed by atoms with E-state index in [1.165, 1.54) is 0 Å². The second-order valence-corrected chi connectivity index (χ2v) is 4.58. The van der Waals surface area contributed by atoms with Crippen LogP contribution in [0.4, 0.5) is 16.3 Å². The third kappa shape index (κ3) is 3.23. The molecule has 100 valence electrons. The quantitative estimate of drug-likeness (QED) is 0.830. The van der Waals surface area contributed by atoms with E-state index in [0.717, 1.165) is 11.3 Å². The molecule has 7 heteroatoms. The van der Waals surface area contributed by atoms with Crippen LogP contribution in [-0.2, 0) is 7.05 Å². The largest absolute Gasteiger partial charge is 0.324 e. The van der Waals surface area contributed by atoms with Crippen molar-refractivity contribution in [1.29, 1.82) is 0 Å². The average Bonchev–Trinajstić information content (AvgIpc) is 2.63. The minimum absolute atomic E-state index is 0.328. The van der Waals surface area contributed by atoms with Crippen molar-refractivity contribution >= 4 is 29.1 Å². The summed E-state index contributed by atoms with van der Waals surface area (Å²) >= 11 is 5.79. The third-order valence-corrected chi connectivity index (χ3v) is 2.88. The van der Waals surface area contributed by atoms with E-state index in [9.17, 15) is 4.79 Å². The fraction of sp³-hybridized carbons (Fsp3) is 0.250. The molecule has 2 aromatic rings. The van der Waals surface area contributed by atoms with Crippen LogP contribution in [0, 0.1) is 13.8 Å². The summed E-state index contributed by atoms with van der Waals surface area (Å²) in [5.74, 6) is 0.496. The van der Waals surface area contributed by atoms with Crippen LogP contribution in [0.1, 0.15) is 11.3 Å². The van der Waals surface area contributed by atoms with Gasteiger partial charge in [0.15, 0.2) is 5.82 Å². The molecule has 2 aromatic heterocycles. The Morgan fingerprint density at radius 3 is 2.68 bits per heavy atom. The van der Waals surface area contributed by atoms with E-state index in [-0.39, 0.29) is 6.03 Å². The fourth-order valence-electron chi connectivity index (χ4n) is 1.52. The van der Waals surface area contributed by atoms with Gasteiger partial charge in [0.2, 0.25) is 0 Å². The number of halogens is 1. The SMILES string of the molecule is Cc1cnc(Cl)cc1NC(=O)Nc1cc(C)n(C)n1. The van der Waals surface area contributed by atoms with Crippen molar-refractivity contribution in [2.45, 2.75) is 13.8 Å². The Balaban J connectivity index is 2.07. The molecular weight excluding hydrogens is 266 g/mol. The molecule has 0 aromatic carbocycles. The molecule has 2 rings (SSSR count). The Kier molecular flexibility index (Phi) is 3.71. The molecule has 0 aliphatic rings. The van der Waals surface area contributed by atoms with Gasteiger partial charge in [-0.2, -0.15) is 5.10 Å². The number of amides is 2. The lowest BCUT2D eigenvalue weighted by atomic mass is 10.2. The number of nitrogens with one attached hydrogen (secondary N) is 2. The highest BCUT2D eigenvalue weighted by atomic mass is 35.5. The Hall–Kier alpha value is -2.08. The number of urea groups is 1. The monoisotopic (exact) mass is 279 g/mol. The smallest absolute Gasteiger partial charge is 0.307 e. The highest BCUT2D eigenvalue weighted by Crippen LogP contribution is 2.18. The van der Waals surface area contributed by atoms with E-state index in [0.29, 0.717) is 16.7 Å². The molecule has 0 unspecified atom stereocenters. The zero-order chi connectivity index (χ0) is 14.0. The minimum Gasteiger partial charge on any atom is -0.307 e. The van der Waals surface area contributed by atoms with Gasteiger partial charge in [-0.05, 0) is 25.5 Å². The van der Waals surface area contributed by atoms with E-state index in [4.69, 9.17) is 11.6 Å². The first kappa shape index (κ1) is 13.4. The summed E-state index contributed by atoms with van der Waals surface area (Å²) in [5.41, 5.74) is 2.40. The van der Waals surface area contributed by atoms with Crippen molar-refractivity contribution < 1.29 is 4.79 Å². The standard InChI is InChI=1S/C12H14ClN5O/c1-7-6-14-10(13)5-9(7)15-12(19)16-11-4-8(2)18(3)17-11/h4-6H,1-3H3,(H2,14,15,16,17,19). The Morgan fingerprint density at radius 1 is 1.32 bits per heavy atom. The molecule has 0 saturated carbocycles. The zero-order valence-corrected chi connectivity index (χ0v) is 11.6. The van der Waals surface area contributed by atoms with Gasteiger partial charge in [0, 0.05) is 30.7 Å². The van der Waals surface area contributed by atoms with Gasteiger partial charge >= 0.3 is 6.03 Å². The van der Waals surface area contributed by atoms with Gasteiger partial charge in [-0.3, -0.25) is 10.00 Å². The molecule has 2 amide bonds. The van der Waals surface area contributed by atoms with Crippen LogP contribution in [0.3, 0.4) is 0 Å². The number of aromatic nitrogens is 3. The lowest BCUT2D eigenvalue weighted by Crippen LogP contribution is -2.20. The van der Waals surface area contributed by atoms with Crippen molar-refractivity contribution in [3.8, 4) is 0 Å². The number of aryl methyl sites for hydroxylation is 3. The van der Waals surface area contributed by atoms with Gasteiger partial charge < -0.3 is 5.32 Å². The lowest BCUT2D eigenvalue weighted by molar-refractivity contribution is 0.262. The maximum atomic E-state index is 11.8. The van der Waals surface area contributed by atoms with Crippen molar-refractivity contribution in [3.63, 3.8) is 0 Å². The van der Waals surface area contributed by atoms with E-state index < -0.39 is 0 Å². The predicted octanol–water partition coefficient (Wildman–Crippen LogP) is 2.73. The molecule has 6 nitrogen and oxygen atoms in total. The molecule has 2 N–H and O–H groups in total. The Morgan fingerprint density at radius 2 is 2.05 bits per heavy atom. The van der Waals surface area contributed by atoms with Gasteiger partial charge in [-0.25, -0.2) is 9.78 Å². The molecule has 0 radical (unpaired) electrons. The van der Waals surface area contributed by atoms with Crippen molar-refractivity contribution in [3.05, 3.63) is 34.7 Å². The number of hydrogen-bond acceptors (Lipinski definition) is 3. The molecule has 2 heterocycles. The summed E-state index contributed by atoms with van der Waals surface area (Å²) in [6.07, 6.45) is 1.60. The number of carbonyl (C=O) groups excluding carboxylic acids is 1. The highest BCUT2D eigenvalue weighted by Gasteiger charge is 2.08. The van der Waals surface area contributed by atoms with Crippen LogP contribution in [0.5, 0.6) is 0 Å². The fourth-order valence-corrected chi connectivity index (χ4v) is 1.68. The summed E-state index contributed by atoms with van der Waals surface area (Å²) in [6.45, 7) is 3.74. The van der Waals surface area contributed by atoms with Crippen LogP contribution >= 0.6 is 11.6 Å². The molecule has 0 aliphatic heterocycles. The average molecular weight is 280 g/mol.